The van der Waals surface area contributed by atoms with Crippen LogP contribution in [-0.4, -0.2) is 56.0 Å². The molecule has 0 unspecified atom stereocenters. The molecule has 0 saturated carbocycles. The smallest absolute Gasteiger partial charge is 0.258 e. The van der Waals surface area contributed by atoms with Gasteiger partial charge in [-0.3, -0.25) is 9.59 Å². The number of halogens is 2. The molecule has 1 aromatic heterocycles. The molecular formula is C25H27F2N5O3. The molecule has 0 aliphatic carbocycles. The van der Waals surface area contributed by atoms with E-state index in [2.05, 4.69) is 20.7 Å². The van der Waals surface area contributed by atoms with Crippen molar-refractivity contribution in [2.24, 2.45) is 0 Å². The molecule has 3 aromatic rings. The van der Waals surface area contributed by atoms with Crippen LogP contribution in [0.5, 0.6) is 0 Å². The number of hydrogen-bond acceptors (Lipinski definition) is 5. The van der Waals surface area contributed by atoms with Crippen molar-refractivity contribution in [2.45, 2.75) is 50.5 Å². The summed E-state index contributed by atoms with van der Waals surface area (Å²) in [7, 11) is 0. The molecule has 1 saturated heterocycles. The van der Waals surface area contributed by atoms with Gasteiger partial charge in [0.25, 0.3) is 5.91 Å². The van der Waals surface area contributed by atoms with Gasteiger partial charge in [-0.2, -0.15) is 15.4 Å². The van der Waals surface area contributed by atoms with E-state index in [1.54, 1.807) is 36.4 Å². The zero-order valence-corrected chi connectivity index (χ0v) is 19.4. The molecule has 2 aromatic carbocycles. The van der Waals surface area contributed by atoms with Gasteiger partial charge in [0.15, 0.2) is 6.10 Å². The predicted octanol–water partition coefficient (Wildman–Crippen LogP) is 2.95. The molecule has 10 heteroatoms. The Labute approximate surface area is 201 Å². The van der Waals surface area contributed by atoms with Crippen LogP contribution in [0.3, 0.4) is 0 Å². The highest BCUT2D eigenvalue weighted by atomic mass is 19.1. The minimum absolute atomic E-state index is 0.00971. The summed E-state index contributed by atoms with van der Waals surface area (Å²) in [4.78, 5) is 27.2. The van der Waals surface area contributed by atoms with Crippen molar-refractivity contribution in [3.05, 3.63) is 82.9 Å². The number of aliphatic hydroxyl groups is 1. The van der Waals surface area contributed by atoms with Crippen LogP contribution in [-0.2, 0) is 9.59 Å². The number of aliphatic hydroxyl groups excluding tert-OH is 1. The highest BCUT2D eigenvalue weighted by Crippen LogP contribution is 2.29. The van der Waals surface area contributed by atoms with Crippen LogP contribution in [0.2, 0.25) is 0 Å². The van der Waals surface area contributed by atoms with Crippen molar-refractivity contribution < 1.29 is 23.5 Å². The van der Waals surface area contributed by atoms with Crippen LogP contribution in [0.4, 0.5) is 8.78 Å². The monoisotopic (exact) mass is 483 g/mol. The first kappa shape index (κ1) is 24.5. The summed E-state index contributed by atoms with van der Waals surface area (Å²) in [5.74, 6) is -1.84. The van der Waals surface area contributed by atoms with Crippen molar-refractivity contribution in [3.8, 4) is 0 Å². The number of hydrogen-bond donors (Lipinski definition) is 3. The highest BCUT2D eigenvalue weighted by Gasteiger charge is 2.43. The number of amides is 2. The van der Waals surface area contributed by atoms with E-state index in [0.29, 0.717) is 16.7 Å². The Morgan fingerprint density at radius 3 is 2.54 bits per heavy atom. The number of carbonyl (C=O) groups excluding carboxylic acids is 2. The maximum absolute atomic E-state index is 14.8. The fourth-order valence-corrected chi connectivity index (χ4v) is 4.34. The number of nitrogens with one attached hydrogen (secondary N) is 2. The molecule has 4 atom stereocenters. The fourth-order valence-electron chi connectivity index (χ4n) is 4.34. The molecule has 1 aliphatic rings. The predicted molar refractivity (Wildman–Crippen MR) is 123 cm³/mol. The van der Waals surface area contributed by atoms with Gasteiger partial charge < -0.3 is 15.3 Å². The molecular weight excluding hydrogens is 456 g/mol. The van der Waals surface area contributed by atoms with Gasteiger partial charge in [0.1, 0.15) is 23.7 Å². The molecule has 3 N–H and O–H groups in total. The van der Waals surface area contributed by atoms with E-state index >= 15 is 0 Å². The summed E-state index contributed by atoms with van der Waals surface area (Å²) in [6.45, 7) is 3.45. The summed E-state index contributed by atoms with van der Waals surface area (Å²) in [5, 5.41) is 22.8. The van der Waals surface area contributed by atoms with Gasteiger partial charge in [-0.1, -0.05) is 56.3 Å². The van der Waals surface area contributed by atoms with Crippen LogP contribution in [0.25, 0.3) is 0 Å². The van der Waals surface area contributed by atoms with Gasteiger partial charge in [-0.25, -0.2) is 8.78 Å². The Morgan fingerprint density at radius 2 is 1.91 bits per heavy atom. The van der Waals surface area contributed by atoms with Gasteiger partial charge in [0.2, 0.25) is 5.91 Å². The van der Waals surface area contributed by atoms with E-state index < -0.39 is 36.2 Å². The molecule has 8 nitrogen and oxygen atoms in total. The van der Waals surface area contributed by atoms with Crippen LogP contribution < -0.4 is 5.32 Å². The Kier molecular flexibility index (Phi) is 7.20. The third kappa shape index (κ3) is 5.22. The molecule has 0 spiro atoms. The number of H-pyrrole nitrogens is 1. The number of aromatic nitrogens is 3. The number of carbonyl (C=O) groups is 2. The normalized spacial score (nSPS) is 19.5. The Balaban J connectivity index is 1.61. The zero-order chi connectivity index (χ0) is 25.1. The third-order valence-corrected chi connectivity index (χ3v) is 6.18. The second-order valence-corrected chi connectivity index (χ2v) is 8.92. The Hall–Kier alpha value is -3.66. The van der Waals surface area contributed by atoms with Gasteiger partial charge in [0, 0.05) is 6.42 Å². The topological polar surface area (TPSA) is 111 Å². The van der Waals surface area contributed by atoms with E-state index in [0.717, 1.165) is 4.90 Å². The minimum Gasteiger partial charge on any atom is -0.377 e. The summed E-state index contributed by atoms with van der Waals surface area (Å²) >= 11 is 0. The van der Waals surface area contributed by atoms with E-state index in [-0.39, 0.29) is 30.4 Å². The van der Waals surface area contributed by atoms with Gasteiger partial charge in [0.05, 0.1) is 18.8 Å². The first-order valence-corrected chi connectivity index (χ1v) is 11.4. The van der Waals surface area contributed by atoms with Crippen molar-refractivity contribution >= 4 is 11.8 Å². The van der Waals surface area contributed by atoms with Crippen LogP contribution in [0, 0.1) is 5.82 Å². The summed E-state index contributed by atoms with van der Waals surface area (Å²) < 4.78 is 29.2. The summed E-state index contributed by atoms with van der Waals surface area (Å²) in [6.07, 6.45) is -2.15. The molecule has 184 valence electrons. The average Bonchev–Trinajstić information content (AvgIpc) is 3.52. The largest absolute Gasteiger partial charge is 0.377 e. The number of alkyl halides is 1. The molecule has 2 amide bonds. The van der Waals surface area contributed by atoms with Crippen LogP contribution in [0.15, 0.2) is 54.7 Å². The number of rotatable bonds is 7. The first-order valence-electron chi connectivity index (χ1n) is 11.4. The second kappa shape index (κ2) is 10.3. The number of aromatic amines is 1. The van der Waals surface area contributed by atoms with Gasteiger partial charge in [-0.05, 0) is 28.7 Å². The minimum atomic E-state index is -1.68. The third-order valence-electron chi connectivity index (χ3n) is 6.18. The maximum atomic E-state index is 14.8. The highest BCUT2D eigenvalue weighted by molar-refractivity contribution is 5.90. The van der Waals surface area contributed by atoms with Gasteiger partial charge in [-0.15, -0.1) is 0 Å². The summed E-state index contributed by atoms with van der Waals surface area (Å²) in [6, 6.07) is 12.0. The molecule has 1 aliphatic heterocycles. The van der Waals surface area contributed by atoms with E-state index in [1.165, 1.54) is 12.3 Å². The van der Waals surface area contributed by atoms with Crippen molar-refractivity contribution in [2.75, 3.05) is 6.54 Å². The van der Waals surface area contributed by atoms with Crippen molar-refractivity contribution in [3.63, 3.8) is 0 Å². The lowest BCUT2D eigenvalue weighted by atomic mass is 9.94. The summed E-state index contributed by atoms with van der Waals surface area (Å²) in [5.41, 5.74) is 1.75. The second-order valence-electron chi connectivity index (χ2n) is 8.92. The fraction of sp³-hybridized carbons (Fsp3) is 0.360. The quantitative estimate of drug-likeness (QED) is 0.479. The lowest BCUT2D eigenvalue weighted by Crippen LogP contribution is -2.48. The lowest BCUT2D eigenvalue weighted by molar-refractivity contribution is -0.145. The maximum Gasteiger partial charge on any atom is 0.258 e. The zero-order valence-electron chi connectivity index (χ0n) is 19.4. The number of benzene rings is 2. The van der Waals surface area contributed by atoms with Crippen molar-refractivity contribution in [1.82, 2.24) is 25.6 Å². The molecule has 2 heterocycles. The first-order chi connectivity index (χ1) is 16.8. The number of likely N-dealkylation sites (tertiary alicyclic amines) is 1. The van der Waals surface area contributed by atoms with E-state index in [9.17, 15) is 23.5 Å². The van der Waals surface area contributed by atoms with Crippen molar-refractivity contribution in [1.29, 1.82) is 0 Å². The Morgan fingerprint density at radius 1 is 1.17 bits per heavy atom. The Bertz CT molecular complexity index is 1170. The molecule has 0 radical (unpaired) electrons. The number of nitrogens with zero attached hydrogens (tertiary/aromatic N) is 3. The molecule has 35 heavy (non-hydrogen) atoms. The lowest BCUT2D eigenvalue weighted by Gasteiger charge is -2.28. The molecule has 4 rings (SSSR count). The SMILES string of the molecule is CC(C)c1ccc([C@@H](NC(=O)[C@@H]2C[C@@H](F)CN2C(=O)[C@H](O)c2cn[nH]n2)c2ccccc2)cc1F. The molecule has 1 fully saturated rings. The van der Waals surface area contributed by atoms with Crippen LogP contribution in [0.1, 0.15) is 60.7 Å². The van der Waals surface area contributed by atoms with E-state index in [4.69, 9.17) is 0 Å². The van der Waals surface area contributed by atoms with Gasteiger partial charge >= 0.3 is 0 Å². The molecule has 0 bridgehead atoms. The average molecular weight is 484 g/mol. The van der Waals surface area contributed by atoms with Crippen LogP contribution >= 0.6 is 0 Å². The van der Waals surface area contributed by atoms with E-state index in [1.807, 2.05) is 19.9 Å². The standard InChI is InChI=1S/C25H27F2N5O3/c1-14(2)18-9-8-16(10-19(18)27)22(15-6-4-3-5-7-15)29-24(34)21-11-17(26)13-32(21)25(35)23(33)20-12-28-31-30-20/h3-10,12,14,17,21-23,33H,11,13H2,1-2H3,(H,29,34)(H,28,30,31)/t17-,21+,22+,23-/m1/s1.